The predicted molar refractivity (Wildman–Crippen MR) is 74.9 cm³/mol. The van der Waals surface area contributed by atoms with E-state index in [0.29, 0.717) is 0 Å². The van der Waals surface area contributed by atoms with Crippen LogP contribution in [0.2, 0.25) is 0 Å². The van der Waals surface area contributed by atoms with Gasteiger partial charge in [-0.2, -0.15) is 0 Å². The molecule has 2 nitrogen and oxygen atoms in total. The molecule has 0 bridgehead atoms. The highest BCUT2D eigenvalue weighted by molar-refractivity contribution is 5.43. The zero-order valence-corrected chi connectivity index (χ0v) is 13.4. The molecule has 0 aliphatic heterocycles. The molecule has 0 saturated carbocycles. The Bertz CT molecular complexity index is 489. The molecule has 1 aliphatic carbocycles. The summed E-state index contributed by atoms with van der Waals surface area (Å²) in [5.74, 6) is 1.08. The van der Waals surface area contributed by atoms with Crippen LogP contribution in [0, 0.1) is 17.8 Å². The summed E-state index contributed by atoms with van der Waals surface area (Å²) in [6.07, 6.45) is 0. The molecule has 0 atom stereocenters. The fraction of sp³-hybridized carbons (Fsp3) is 0.812. The Labute approximate surface area is 111 Å². The van der Waals surface area contributed by atoms with Crippen molar-refractivity contribution in [3.63, 3.8) is 0 Å². The lowest BCUT2D eigenvalue weighted by atomic mass is 9.41. The third kappa shape index (κ3) is 1.17. The van der Waals surface area contributed by atoms with Crippen LogP contribution in [0.5, 0.6) is 0 Å². The van der Waals surface area contributed by atoms with Gasteiger partial charge in [-0.1, -0.05) is 60.5 Å². The third-order valence-corrected chi connectivity index (χ3v) is 6.74. The van der Waals surface area contributed by atoms with Crippen molar-refractivity contribution in [2.45, 2.75) is 73.1 Å². The summed E-state index contributed by atoms with van der Waals surface area (Å²) >= 11 is 0. The Balaban J connectivity index is 2.88. The molecule has 0 aromatic carbocycles. The summed E-state index contributed by atoms with van der Waals surface area (Å²) in [6, 6.07) is 0. The van der Waals surface area contributed by atoms with E-state index in [2.05, 4.69) is 67.5 Å². The van der Waals surface area contributed by atoms with Gasteiger partial charge in [0.2, 0.25) is 0 Å². The molecule has 0 radical (unpaired) electrons. The number of fused-ring (bicyclic) bond motifs is 1. The van der Waals surface area contributed by atoms with Gasteiger partial charge in [0.05, 0.1) is 5.69 Å². The quantitative estimate of drug-likeness (QED) is 0.671. The van der Waals surface area contributed by atoms with Gasteiger partial charge in [0.1, 0.15) is 5.76 Å². The van der Waals surface area contributed by atoms with Crippen LogP contribution in [0.25, 0.3) is 0 Å². The smallest absolute Gasteiger partial charge is 0.146 e. The summed E-state index contributed by atoms with van der Waals surface area (Å²) in [7, 11) is 0. The first-order valence-corrected chi connectivity index (χ1v) is 6.86. The summed E-state index contributed by atoms with van der Waals surface area (Å²) in [5, 5.41) is 4.25. The fourth-order valence-electron chi connectivity index (χ4n) is 3.69. The fourth-order valence-corrected chi connectivity index (χ4v) is 3.69. The highest BCUT2D eigenvalue weighted by atomic mass is 16.5. The molecule has 0 saturated heterocycles. The highest BCUT2D eigenvalue weighted by Crippen LogP contribution is 2.65. The monoisotopic (exact) mass is 249 g/mol. The van der Waals surface area contributed by atoms with E-state index in [1.54, 1.807) is 0 Å². The van der Waals surface area contributed by atoms with Crippen LogP contribution < -0.4 is 0 Å². The van der Waals surface area contributed by atoms with Crippen molar-refractivity contribution in [3.8, 4) is 0 Å². The van der Waals surface area contributed by atoms with Crippen molar-refractivity contribution < 1.29 is 4.52 Å². The van der Waals surface area contributed by atoms with Gasteiger partial charge in [0.25, 0.3) is 0 Å². The zero-order valence-electron chi connectivity index (χ0n) is 13.4. The molecular weight excluding hydrogens is 222 g/mol. The minimum absolute atomic E-state index is 0.0113. The minimum Gasteiger partial charge on any atom is -0.360 e. The van der Waals surface area contributed by atoms with Crippen molar-refractivity contribution in [1.82, 2.24) is 5.16 Å². The molecule has 102 valence electrons. The van der Waals surface area contributed by atoms with E-state index >= 15 is 0 Å². The molecule has 1 aromatic rings. The number of aromatic nitrogens is 1. The van der Waals surface area contributed by atoms with Crippen LogP contribution in [0.4, 0.5) is 0 Å². The first kappa shape index (κ1) is 13.6. The van der Waals surface area contributed by atoms with Gasteiger partial charge in [-0.3, -0.25) is 0 Å². The predicted octanol–water partition coefficient (Wildman–Crippen LogP) is 4.60. The van der Waals surface area contributed by atoms with E-state index in [1.165, 1.54) is 5.56 Å². The summed E-state index contributed by atoms with van der Waals surface area (Å²) in [6.45, 7) is 20.8. The second kappa shape index (κ2) is 3.20. The molecule has 1 aliphatic rings. The number of nitrogens with zero attached hydrogens (tertiary/aromatic N) is 1. The molecule has 0 fully saturated rings. The molecule has 2 rings (SSSR count). The Kier molecular flexibility index (Phi) is 2.43. The van der Waals surface area contributed by atoms with Gasteiger partial charge in [-0.25, -0.2) is 0 Å². The maximum Gasteiger partial charge on any atom is 0.146 e. The minimum atomic E-state index is -0.0113. The van der Waals surface area contributed by atoms with E-state index < -0.39 is 0 Å². The topological polar surface area (TPSA) is 26.0 Å². The summed E-state index contributed by atoms with van der Waals surface area (Å²) in [5.41, 5.74) is 2.70. The van der Waals surface area contributed by atoms with Gasteiger partial charge in [0.15, 0.2) is 0 Å². The van der Waals surface area contributed by atoms with Crippen molar-refractivity contribution in [2.75, 3.05) is 0 Å². The average Bonchev–Trinajstić information content (AvgIpc) is 2.58. The van der Waals surface area contributed by atoms with Gasteiger partial charge in [-0.15, -0.1) is 0 Å². The Hall–Kier alpha value is -0.790. The molecular formula is C16H27NO. The van der Waals surface area contributed by atoms with E-state index in [4.69, 9.17) is 4.52 Å². The van der Waals surface area contributed by atoms with Crippen molar-refractivity contribution in [1.29, 1.82) is 0 Å². The van der Waals surface area contributed by atoms with Crippen LogP contribution in [0.1, 0.15) is 72.4 Å². The lowest BCUT2D eigenvalue weighted by molar-refractivity contribution is -0.0551. The number of hydrogen-bond acceptors (Lipinski definition) is 2. The van der Waals surface area contributed by atoms with Crippen LogP contribution in [0.3, 0.4) is 0 Å². The summed E-state index contributed by atoms with van der Waals surface area (Å²) < 4.78 is 5.72. The molecule has 2 heteroatoms. The molecule has 1 aromatic heterocycles. The normalized spacial score (nSPS) is 26.7. The Morgan fingerprint density at radius 3 is 1.72 bits per heavy atom. The average molecular weight is 249 g/mol. The summed E-state index contributed by atoms with van der Waals surface area (Å²) in [4.78, 5) is 0. The van der Waals surface area contributed by atoms with Crippen LogP contribution in [-0.4, -0.2) is 5.16 Å². The highest BCUT2D eigenvalue weighted by Gasteiger charge is 2.63. The number of rotatable bonds is 0. The van der Waals surface area contributed by atoms with Gasteiger partial charge >= 0.3 is 0 Å². The van der Waals surface area contributed by atoms with Crippen molar-refractivity contribution in [3.05, 3.63) is 17.0 Å². The lowest BCUT2D eigenvalue weighted by Crippen LogP contribution is -2.59. The maximum atomic E-state index is 5.72. The van der Waals surface area contributed by atoms with Crippen LogP contribution in [0.15, 0.2) is 4.52 Å². The molecule has 0 spiro atoms. The lowest BCUT2D eigenvalue weighted by Gasteiger charge is -2.62. The SMILES string of the molecule is Cc1noc2c1C(C)(C)C(C)(C)C(C)(C)C2(C)C. The first-order valence-electron chi connectivity index (χ1n) is 6.86. The first-order chi connectivity index (χ1) is 7.89. The molecule has 0 unspecified atom stereocenters. The van der Waals surface area contributed by atoms with Gasteiger partial charge in [0, 0.05) is 16.4 Å². The number of hydrogen-bond donors (Lipinski definition) is 0. The third-order valence-electron chi connectivity index (χ3n) is 6.74. The van der Waals surface area contributed by atoms with E-state index in [-0.39, 0.29) is 21.7 Å². The second-order valence-corrected chi connectivity index (χ2v) is 7.97. The number of aryl methyl sites for hydroxylation is 1. The maximum absolute atomic E-state index is 5.72. The Morgan fingerprint density at radius 2 is 1.22 bits per heavy atom. The van der Waals surface area contributed by atoms with E-state index in [1.807, 2.05) is 0 Å². The molecule has 0 amide bonds. The van der Waals surface area contributed by atoms with Crippen LogP contribution in [-0.2, 0) is 10.8 Å². The van der Waals surface area contributed by atoms with Gasteiger partial charge < -0.3 is 4.52 Å². The van der Waals surface area contributed by atoms with E-state index in [9.17, 15) is 0 Å². The zero-order chi connectivity index (χ0) is 14.1. The van der Waals surface area contributed by atoms with E-state index in [0.717, 1.165) is 11.5 Å². The second-order valence-electron chi connectivity index (χ2n) is 7.97. The molecule has 18 heavy (non-hydrogen) atoms. The van der Waals surface area contributed by atoms with Crippen LogP contribution >= 0.6 is 0 Å². The van der Waals surface area contributed by atoms with Crippen molar-refractivity contribution in [2.24, 2.45) is 10.8 Å². The standard InChI is InChI=1S/C16H27NO/c1-10-11-12(18-17-10)14(4,5)16(8,9)15(6,7)13(11,2)3/h1-9H3. The van der Waals surface area contributed by atoms with Crippen molar-refractivity contribution >= 4 is 0 Å². The molecule has 1 heterocycles. The Morgan fingerprint density at radius 1 is 0.778 bits per heavy atom. The largest absolute Gasteiger partial charge is 0.360 e. The van der Waals surface area contributed by atoms with Gasteiger partial charge in [-0.05, 0) is 17.8 Å². The molecule has 0 N–H and O–H groups in total.